The molecule has 0 N–H and O–H groups in total. The average Bonchev–Trinajstić information content (AvgIpc) is 2.13. The third-order valence-corrected chi connectivity index (χ3v) is 2.49. The van der Waals surface area contributed by atoms with Crippen LogP contribution >= 0.6 is 0 Å². The molecule has 0 heteroatoms. The molecule has 0 spiro atoms. The average molecular weight is 194 g/mol. The van der Waals surface area contributed by atoms with Gasteiger partial charge in [0.15, 0.2) is 0 Å². The van der Waals surface area contributed by atoms with Gasteiger partial charge in [-0.2, -0.15) is 0 Å². The minimum atomic E-state index is 0.782. The van der Waals surface area contributed by atoms with E-state index in [1.54, 1.807) is 0 Å². The van der Waals surface area contributed by atoms with Crippen molar-refractivity contribution in [2.75, 3.05) is 0 Å². The molecule has 0 aromatic heterocycles. The summed E-state index contributed by atoms with van der Waals surface area (Å²) in [4.78, 5) is 0. The van der Waals surface area contributed by atoms with E-state index in [9.17, 15) is 0 Å². The van der Waals surface area contributed by atoms with E-state index in [-0.39, 0.29) is 0 Å². The lowest BCUT2D eigenvalue weighted by Crippen LogP contribution is -1.97. The molecular weight excluding hydrogens is 168 g/mol. The highest BCUT2D eigenvalue weighted by atomic mass is 14.1. The highest BCUT2D eigenvalue weighted by Crippen LogP contribution is 2.18. The van der Waals surface area contributed by atoms with Crippen molar-refractivity contribution >= 4 is 0 Å². The predicted molar refractivity (Wildman–Crippen MR) is 66.5 cm³/mol. The van der Waals surface area contributed by atoms with E-state index in [0.717, 1.165) is 12.3 Å². The fourth-order valence-corrected chi connectivity index (χ4v) is 1.77. The zero-order valence-electron chi connectivity index (χ0n) is 10.2. The Hall–Kier alpha value is -0.520. The summed E-state index contributed by atoms with van der Waals surface area (Å²) >= 11 is 0. The Morgan fingerprint density at radius 2 is 1.93 bits per heavy atom. The molecule has 0 rings (SSSR count). The van der Waals surface area contributed by atoms with E-state index >= 15 is 0 Å². The SMILES string of the molecule is C=CCCC(C=C(C)C)CCCCC. The van der Waals surface area contributed by atoms with Gasteiger partial charge in [-0.25, -0.2) is 0 Å². The first-order valence-electron chi connectivity index (χ1n) is 5.96. The Labute approximate surface area is 90.1 Å². The lowest BCUT2D eigenvalue weighted by atomic mass is 9.94. The van der Waals surface area contributed by atoms with E-state index in [1.165, 1.54) is 37.7 Å². The molecule has 0 saturated carbocycles. The van der Waals surface area contributed by atoms with E-state index in [2.05, 4.69) is 33.4 Å². The van der Waals surface area contributed by atoms with Crippen LogP contribution in [0, 0.1) is 5.92 Å². The third kappa shape index (κ3) is 8.10. The van der Waals surface area contributed by atoms with Gasteiger partial charge in [-0.1, -0.05) is 43.9 Å². The van der Waals surface area contributed by atoms with Gasteiger partial charge in [0, 0.05) is 0 Å². The molecule has 1 unspecified atom stereocenters. The number of hydrogen-bond acceptors (Lipinski definition) is 0. The Morgan fingerprint density at radius 3 is 2.43 bits per heavy atom. The second-order valence-electron chi connectivity index (χ2n) is 4.37. The summed E-state index contributed by atoms with van der Waals surface area (Å²) in [5.41, 5.74) is 1.45. The standard InChI is InChI=1S/C14H26/c1-5-7-9-11-14(10-8-6-2)12-13(3)4/h6,12,14H,2,5,7-11H2,1,3-4H3. The van der Waals surface area contributed by atoms with Crippen LogP contribution in [-0.2, 0) is 0 Å². The third-order valence-electron chi connectivity index (χ3n) is 2.49. The molecule has 0 aliphatic rings. The Morgan fingerprint density at radius 1 is 1.21 bits per heavy atom. The van der Waals surface area contributed by atoms with Gasteiger partial charge < -0.3 is 0 Å². The number of rotatable bonds is 8. The molecule has 0 nitrogen and oxygen atoms in total. The van der Waals surface area contributed by atoms with Crippen LogP contribution in [0.2, 0.25) is 0 Å². The van der Waals surface area contributed by atoms with Crippen LogP contribution in [0.25, 0.3) is 0 Å². The maximum atomic E-state index is 3.79. The maximum absolute atomic E-state index is 3.79. The van der Waals surface area contributed by atoms with E-state index in [0.29, 0.717) is 0 Å². The summed E-state index contributed by atoms with van der Waals surface area (Å²) in [6, 6.07) is 0. The fraction of sp³-hybridized carbons (Fsp3) is 0.714. The summed E-state index contributed by atoms with van der Waals surface area (Å²) in [6.07, 6.45) is 12.3. The fourth-order valence-electron chi connectivity index (χ4n) is 1.77. The molecule has 0 bridgehead atoms. The molecule has 0 aromatic carbocycles. The zero-order chi connectivity index (χ0) is 10.8. The molecule has 0 amide bonds. The molecule has 14 heavy (non-hydrogen) atoms. The molecule has 0 aliphatic carbocycles. The van der Waals surface area contributed by atoms with Gasteiger partial charge in [0.1, 0.15) is 0 Å². The van der Waals surface area contributed by atoms with E-state index in [4.69, 9.17) is 0 Å². The van der Waals surface area contributed by atoms with Crippen molar-refractivity contribution in [3.8, 4) is 0 Å². The van der Waals surface area contributed by atoms with Crippen molar-refractivity contribution in [2.24, 2.45) is 5.92 Å². The van der Waals surface area contributed by atoms with Crippen molar-refractivity contribution < 1.29 is 0 Å². The van der Waals surface area contributed by atoms with Gasteiger partial charge in [-0.15, -0.1) is 6.58 Å². The van der Waals surface area contributed by atoms with Gasteiger partial charge in [0.05, 0.1) is 0 Å². The largest absolute Gasteiger partial charge is 0.103 e. The first kappa shape index (κ1) is 13.5. The van der Waals surface area contributed by atoms with Crippen molar-refractivity contribution in [2.45, 2.75) is 59.3 Å². The summed E-state index contributed by atoms with van der Waals surface area (Å²) < 4.78 is 0. The van der Waals surface area contributed by atoms with Gasteiger partial charge in [-0.3, -0.25) is 0 Å². The molecule has 0 heterocycles. The van der Waals surface area contributed by atoms with Crippen molar-refractivity contribution in [3.63, 3.8) is 0 Å². The van der Waals surface area contributed by atoms with Gasteiger partial charge in [-0.05, 0) is 39.0 Å². The van der Waals surface area contributed by atoms with Crippen LogP contribution in [0.3, 0.4) is 0 Å². The predicted octanol–water partition coefficient (Wildman–Crippen LogP) is 5.12. The van der Waals surface area contributed by atoms with Crippen molar-refractivity contribution in [1.82, 2.24) is 0 Å². The quantitative estimate of drug-likeness (QED) is 0.372. The minimum absolute atomic E-state index is 0.782. The smallest absolute Gasteiger partial charge is 0.0228 e. The van der Waals surface area contributed by atoms with E-state index in [1.807, 2.05) is 6.08 Å². The zero-order valence-corrected chi connectivity index (χ0v) is 10.2. The summed E-state index contributed by atoms with van der Waals surface area (Å²) in [6.45, 7) is 10.4. The normalized spacial score (nSPS) is 12.2. The monoisotopic (exact) mass is 194 g/mol. The van der Waals surface area contributed by atoms with Crippen LogP contribution in [0.15, 0.2) is 24.3 Å². The lowest BCUT2D eigenvalue weighted by molar-refractivity contribution is 0.509. The first-order chi connectivity index (χ1) is 6.70. The van der Waals surface area contributed by atoms with Crippen LogP contribution < -0.4 is 0 Å². The highest BCUT2D eigenvalue weighted by Gasteiger charge is 2.03. The van der Waals surface area contributed by atoms with Crippen molar-refractivity contribution in [3.05, 3.63) is 24.3 Å². The Kier molecular flexibility index (Phi) is 8.72. The number of allylic oxidation sites excluding steroid dienone is 3. The van der Waals surface area contributed by atoms with Gasteiger partial charge in [0.25, 0.3) is 0 Å². The molecule has 1 atom stereocenters. The molecular formula is C14H26. The molecule has 0 aromatic rings. The molecule has 0 aliphatic heterocycles. The Bertz CT molecular complexity index is 161. The second-order valence-corrected chi connectivity index (χ2v) is 4.37. The highest BCUT2D eigenvalue weighted by molar-refractivity contribution is 4.97. The number of unbranched alkanes of at least 4 members (excludes halogenated alkanes) is 2. The van der Waals surface area contributed by atoms with Crippen LogP contribution in [0.1, 0.15) is 59.3 Å². The molecule has 82 valence electrons. The minimum Gasteiger partial charge on any atom is -0.103 e. The topological polar surface area (TPSA) is 0 Å². The summed E-state index contributed by atoms with van der Waals surface area (Å²) in [5.74, 6) is 0.782. The molecule has 0 fully saturated rings. The maximum Gasteiger partial charge on any atom is -0.0228 e. The van der Waals surface area contributed by atoms with Gasteiger partial charge in [0.2, 0.25) is 0 Å². The lowest BCUT2D eigenvalue weighted by Gasteiger charge is -2.12. The molecule has 0 saturated heterocycles. The van der Waals surface area contributed by atoms with Gasteiger partial charge >= 0.3 is 0 Å². The number of hydrogen-bond donors (Lipinski definition) is 0. The first-order valence-corrected chi connectivity index (χ1v) is 5.96. The van der Waals surface area contributed by atoms with Crippen LogP contribution in [-0.4, -0.2) is 0 Å². The summed E-state index contributed by atoms with van der Waals surface area (Å²) in [7, 11) is 0. The Balaban J connectivity index is 3.84. The van der Waals surface area contributed by atoms with Crippen molar-refractivity contribution in [1.29, 1.82) is 0 Å². The molecule has 0 radical (unpaired) electrons. The second kappa shape index (κ2) is 9.05. The summed E-state index contributed by atoms with van der Waals surface area (Å²) in [5, 5.41) is 0. The van der Waals surface area contributed by atoms with E-state index < -0.39 is 0 Å². The van der Waals surface area contributed by atoms with Crippen LogP contribution in [0.5, 0.6) is 0 Å². The van der Waals surface area contributed by atoms with Crippen LogP contribution in [0.4, 0.5) is 0 Å².